The summed E-state index contributed by atoms with van der Waals surface area (Å²) >= 11 is 0. The van der Waals surface area contributed by atoms with Crippen LogP contribution in [0.1, 0.15) is 43.0 Å². The van der Waals surface area contributed by atoms with E-state index in [1.165, 1.54) is 0 Å². The van der Waals surface area contributed by atoms with E-state index in [2.05, 4.69) is 5.32 Å². The van der Waals surface area contributed by atoms with Gasteiger partial charge in [-0.1, -0.05) is 13.3 Å². The lowest BCUT2D eigenvalue weighted by atomic mass is 10.2. The van der Waals surface area contributed by atoms with Gasteiger partial charge in [0.05, 0.1) is 24.1 Å². The third-order valence-electron chi connectivity index (χ3n) is 4.49. The smallest absolute Gasteiger partial charge is 0.338 e. The molecular weight excluding hydrogens is 442 g/mol. The van der Waals surface area contributed by atoms with Crippen LogP contribution in [0.2, 0.25) is 0 Å². The van der Waals surface area contributed by atoms with E-state index in [1.54, 1.807) is 24.3 Å². The van der Waals surface area contributed by atoms with Crippen molar-refractivity contribution in [3.05, 3.63) is 59.7 Å². The van der Waals surface area contributed by atoms with Crippen LogP contribution in [0.3, 0.4) is 0 Å². The zero-order chi connectivity index (χ0) is 23.7. The maximum atomic E-state index is 13.5. The summed E-state index contributed by atoms with van der Waals surface area (Å²) in [7, 11) is -3.76. The summed E-state index contributed by atoms with van der Waals surface area (Å²) in [5, 5.41) is 2.66. The quantitative estimate of drug-likeness (QED) is 0.396. The lowest BCUT2D eigenvalue weighted by molar-refractivity contribution is -0.116. The molecule has 0 aliphatic rings. The number of anilines is 2. The highest BCUT2D eigenvalue weighted by atomic mass is 32.2. The fourth-order valence-electron chi connectivity index (χ4n) is 2.82. The summed E-state index contributed by atoms with van der Waals surface area (Å²) in [6.45, 7) is 2.26. The van der Waals surface area contributed by atoms with Crippen LogP contribution in [-0.2, 0) is 19.6 Å². The summed E-state index contributed by atoms with van der Waals surface area (Å²) in [6.07, 6.45) is 2.80. The number of rotatable bonds is 11. The SMILES string of the molecule is CCCCOC(=O)c1ccc(NC(=O)CCCN(c2ccc(F)c(F)c2)S(C)(=O)=O)cc1. The van der Waals surface area contributed by atoms with Gasteiger partial charge in [-0.05, 0) is 49.2 Å². The number of esters is 1. The van der Waals surface area contributed by atoms with Crippen LogP contribution in [-0.4, -0.2) is 39.7 Å². The Morgan fingerprint density at radius 1 is 1.03 bits per heavy atom. The number of carbonyl (C=O) groups is 2. The minimum atomic E-state index is -3.76. The minimum Gasteiger partial charge on any atom is -0.462 e. The Morgan fingerprint density at radius 3 is 2.31 bits per heavy atom. The molecule has 174 valence electrons. The van der Waals surface area contributed by atoms with Gasteiger partial charge < -0.3 is 10.1 Å². The number of sulfonamides is 1. The van der Waals surface area contributed by atoms with Crippen LogP contribution in [0, 0.1) is 11.6 Å². The van der Waals surface area contributed by atoms with Crippen LogP contribution < -0.4 is 9.62 Å². The standard InChI is InChI=1S/C22H26F2N2O5S/c1-3-4-14-31-22(28)16-7-9-17(10-8-16)25-21(27)6-5-13-26(32(2,29)30)18-11-12-19(23)20(24)15-18/h7-12,15H,3-6,13-14H2,1-2H3,(H,25,27). The molecule has 0 atom stereocenters. The number of nitrogens with zero attached hydrogens (tertiary/aromatic N) is 1. The molecule has 32 heavy (non-hydrogen) atoms. The molecule has 2 aromatic carbocycles. The highest BCUT2D eigenvalue weighted by Crippen LogP contribution is 2.21. The zero-order valence-corrected chi connectivity index (χ0v) is 18.8. The molecule has 1 N–H and O–H groups in total. The summed E-state index contributed by atoms with van der Waals surface area (Å²) in [5.74, 6) is -3.04. The van der Waals surface area contributed by atoms with E-state index in [4.69, 9.17) is 4.74 Å². The summed E-state index contributed by atoms with van der Waals surface area (Å²) in [4.78, 5) is 24.1. The Balaban J connectivity index is 1.90. The molecule has 0 heterocycles. The van der Waals surface area contributed by atoms with Gasteiger partial charge in [-0.3, -0.25) is 9.10 Å². The fourth-order valence-corrected chi connectivity index (χ4v) is 3.77. The average Bonchev–Trinajstić information content (AvgIpc) is 2.73. The first-order valence-electron chi connectivity index (χ1n) is 10.1. The van der Waals surface area contributed by atoms with Crippen molar-refractivity contribution in [3.63, 3.8) is 0 Å². The van der Waals surface area contributed by atoms with Gasteiger partial charge in [0, 0.05) is 24.7 Å². The van der Waals surface area contributed by atoms with Crippen LogP contribution in [0.15, 0.2) is 42.5 Å². The van der Waals surface area contributed by atoms with Gasteiger partial charge in [-0.15, -0.1) is 0 Å². The van der Waals surface area contributed by atoms with E-state index in [-0.39, 0.29) is 31.0 Å². The molecule has 0 saturated heterocycles. The number of ether oxygens (including phenoxy) is 1. The Hall–Kier alpha value is -3.01. The van der Waals surface area contributed by atoms with Crippen LogP contribution in [0.4, 0.5) is 20.2 Å². The van der Waals surface area contributed by atoms with Gasteiger partial charge in [0.2, 0.25) is 15.9 Å². The predicted octanol–water partition coefficient (Wildman–Crippen LogP) is 4.11. The average molecular weight is 469 g/mol. The highest BCUT2D eigenvalue weighted by molar-refractivity contribution is 7.92. The third kappa shape index (κ3) is 7.60. The normalized spacial score (nSPS) is 11.1. The van der Waals surface area contributed by atoms with E-state index in [1.807, 2.05) is 6.92 Å². The van der Waals surface area contributed by atoms with Gasteiger partial charge in [0.15, 0.2) is 11.6 Å². The number of amides is 1. The van der Waals surface area contributed by atoms with E-state index in [9.17, 15) is 26.8 Å². The van der Waals surface area contributed by atoms with Gasteiger partial charge in [0.1, 0.15) is 0 Å². The van der Waals surface area contributed by atoms with E-state index >= 15 is 0 Å². The van der Waals surface area contributed by atoms with E-state index in [0.29, 0.717) is 17.9 Å². The van der Waals surface area contributed by atoms with Gasteiger partial charge in [0.25, 0.3) is 0 Å². The third-order valence-corrected chi connectivity index (χ3v) is 5.69. The molecule has 0 unspecified atom stereocenters. The topological polar surface area (TPSA) is 92.8 Å². The van der Waals surface area contributed by atoms with Crippen LogP contribution >= 0.6 is 0 Å². The van der Waals surface area contributed by atoms with Crippen molar-refractivity contribution in [2.45, 2.75) is 32.6 Å². The number of hydrogen-bond acceptors (Lipinski definition) is 5. The van der Waals surface area contributed by atoms with Crippen molar-refractivity contribution in [1.29, 1.82) is 0 Å². The molecular formula is C22H26F2N2O5S. The second-order valence-electron chi connectivity index (χ2n) is 7.15. The van der Waals surface area contributed by atoms with Crippen molar-refractivity contribution >= 4 is 33.3 Å². The molecule has 2 aromatic rings. The monoisotopic (exact) mass is 468 g/mol. The molecule has 0 saturated carbocycles. The zero-order valence-electron chi connectivity index (χ0n) is 17.9. The second kappa shape index (κ2) is 11.6. The number of benzene rings is 2. The Morgan fingerprint density at radius 2 is 1.72 bits per heavy atom. The number of nitrogens with one attached hydrogen (secondary N) is 1. The number of halogens is 2. The van der Waals surface area contributed by atoms with Gasteiger partial charge in [-0.25, -0.2) is 22.0 Å². The van der Waals surface area contributed by atoms with Crippen molar-refractivity contribution < 1.29 is 31.5 Å². The fraction of sp³-hybridized carbons (Fsp3) is 0.364. The van der Waals surface area contributed by atoms with Crippen molar-refractivity contribution in [2.75, 3.05) is 29.0 Å². The molecule has 1 amide bonds. The first-order valence-corrected chi connectivity index (χ1v) is 12.0. The predicted molar refractivity (Wildman–Crippen MR) is 118 cm³/mol. The van der Waals surface area contributed by atoms with Crippen molar-refractivity contribution in [3.8, 4) is 0 Å². The molecule has 10 heteroatoms. The Kier molecular flexibility index (Phi) is 9.13. The first kappa shape index (κ1) is 25.3. The molecule has 0 fully saturated rings. The maximum Gasteiger partial charge on any atom is 0.338 e. The van der Waals surface area contributed by atoms with Crippen LogP contribution in [0.25, 0.3) is 0 Å². The van der Waals surface area contributed by atoms with Crippen LogP contribution in [0.5, 0.6) is 0 Å². The van der Waals surface area contributed by atoms with E-state index in [0.717, 1.165) is 41.6 Å². The lowest BCUT2D eigenvalue weighted by Crippen LogP contribution is -2.31. The molecule has 7 nitrogen and oxygen atoms in total. The molecule has 0 aromatic heterocycles. The summed E-state index contributed by atoms with van der Waals surface area (Å²) in [6, 6.07) is 9.02. The van der Waals surface area contributed by atoms with Crippen molar-refractivity contribution in [2.24, 2.45) is 0 Å². The molecule has 2 rings (SSSR count). The second-order valence-corrected chi connectivity index (χ2v) is 9.06. The van der Waals surface area contributed by atoms with E-state index < -0.39 is 27.6 Å². The highest BCUT2D eigenvalue weighted by Gasteiger charge is 2.19. The number of unbranched alkanes of at least 4 members (excludes halogenated alkanes) is 1. The molecule has 0 radical (unpaired) electrons. The largest absolute Gasteiger partial charge is 0.462 e. The van der Waals surface area contributed by atoms with Gasteiger partial charge >= 0.3 is 5.97 Å². The Bertz CT molecular complexity index is 1040. The summed E-state index contributed by atoms with van der Waals surface area (Å²) in [5.41, 5.74) is 0.823. The Labute approximate surface area is 186 Å². The first-order chi connectivity index (χ1) is 15.1. The van der Waals surface area contributed by atoms with Crippen molar-refractivity contribution in [1.82, 2.24) is 0 Å². The summed E-state index contributed by atoms with van der Waals surface area (Å²) < 4.78 is 56.7. The number of hydrogen-bond donors (Lipinski definition) is 1. The lowest BCUT2D eigenvalue weighted by Gasteiger charge is -2.22. The number of carbonyl (C=O) groups excluding carboxylic acids is 2. The molecule has 0 spiro atoms. The molecule has 0 bridgehead atoms. The molecule has 0 aliphatic heterocycles. The molecule has 0 aliphatic carbocycles. The minimum absolute atomic E-state index is 0.00346. The maximum absolute atomic E-state index is 13.5. The van der Waals surface area contributed by atoms with Gasteiger partial charge in [-0.2, -0.15) is 0 Å².